The third-order valence-corrected chi connectivity index (χ3v) is 4.01. The van der Waals surface area contributed by atoms with Gasteiger partial charge in [0.2, 0.25) is 5.91 Å². The van der Waals surface area contributed by atoms with Crippen LogP contribution in [0.4, 0.5) is 5.69 Å². The van der Waals surface area contributed by atoms with Crippen LogP contribution in [0.2, 0.25) is 0 Å². The predicted molar refractivity (Wildman–Crippen MR) is 107 cm³/mol. The number of para-hydroxylation sites is 1. The number of hydrogen-bond donors (Lipinski definition) is 1. The number of esters is 1. The first-order valence-electron chi connectivity index (χ1n) is 8.94. The fraction of sp³-hybridized carbons (Fsp3) is 0.333. The number of benzene rings is 2. The van der Waals surface area contributed by atoms with E-state index in [1.54, 1.807) is 45.4 Å². The molecule has 0 aromatic heterocycles. The molecule has 1 amide bonds. The Morgan fingerprint density at radius 1 is 1.04 bits per heavy atom. The smallest absolute Gasteiger partial charge is 0.340 e. The molecule has 0 saturated carbocycles. The second-order valence-corrected chi connectivity index (χ2v) is 6.18. The minimum absolute atomic E-state index is 0.158. The van der Waals surface area contributed by atoms with Gasteiger partial charge in [0, 0.05) is 6.54 Å². The lowest BCUT2D eigenvalue weighted by atomic mass is 10.1. The first-order valence-corrected chi connectivity index (χ1v) is 8.94. The average molecular weight is 386 g/mol. The number of ether oxygens (including phenoxy) is 3. The van der Waals surface area contributed by atoms with Crippen molar-refractivity contribution < 1.29 is 23.8 Å². The standard InChI is InChI=1S/C21H26N2O5/c1-5-28-21(25)16-8-6-7-9-17(16)22-20(24)14-23(2)13-15-10-11-18(26-3)19(12-15)27-4/h6-12H,5,13-14H2,1-4H3,(H,22,24). The van der Waals surface area contributed by atoms with Crippen LogP contribution in [0.1, 0.15) is 22.8 Å². The van der Waals surface area contributed by atoms with Crippen molar-refractivity contribution in [1.29, 1.82) is 0 Å². The summed E-state index contributed by atoms with van der Waals surface area (Å²) < 4.78 is 15.6. The highest BCUT2D eigenvalue weighted by atomic mass is 16.5. The number of anilines is 1. The SMILES string of the molecule is CCOC(=O)c1ccccc1NC(=O)CN(C)Cc1ccc(OC)c(OC)c1. The maximum Gasteiger partial charge on any atom is 0.340 e. The van der Waals surface area contributed by atoms with Gasteiger partial charge in [0.25, 0.3) is 0 Å². The molecule has 0 radical (unpaired) electrons. The number of rotatable bonds is 9. The van der Waals surface area contributed by atoms with Crippen molar-refractivity contribution in [2.75, 3.05) is 39.7 Å². The number of likely N-dealkylation sites (N-methyl/N-ethyl adjacent to an activating group) is 1. The number of hydrogen-bond acceptors (Lipinski definition) is 6. The van der Waals surface area contributed by atoms with E-state index in [9.17, 15) is 9.59 Å². The summed E-state index contributed by atoms with van der Waals surface area (Å²) in [6.45, 7) is 2.72. The topological polar surface area (TPSA) is 77.1 Å². The van der Waals surface area contributed by atoms with Crippen LogP contribution in [-0.4, -0.2) is 51.2 Å². The van der Waals surface area contributed by atoms with Crippen molar-refractivity contribution in [1.82, 2.24) is 4.90 Å². The monoisotopic (exact) mass is 386 g/mol. The molecule has 150 valence electrons. The molecule has 0 heterocycles. The molecule has 2 aromatic carbocycles. The second kappa shape index (κ2) is 10.3. The highest BCUT2D eigenvalue weighted by molar-refractivity contribution is 6.01. The summed E-state index contributed by atoms with van der Waals surface area (Å²) >= 11 is 0. The highest BCUT2D eigenvalue weighted by Gasteiger charge is 2.15. The van der Waals surface area contributed by atoms with E-state index in [-0.39, 0.29) is 19.1 Å². The number of nitrogens with one attached hydrogen (secondary N) is 1. The molecule has 7 heteroatoms. The van der Waals surface area contributed by atoms with E-state index >= 15 is 0 Å². The lowest BCUT2D eigenvalue weighted by molar-refractivity contribution is -0.117. The number of methoxy groups -OCH3 is 2. The molecule has 0 fully saturated rings. The van der Waals surface area contributed by atoms with Crippen molar-refractivity contribution in [3.8, 4) is 11.5 Å². The van der Waals surface area contributed by atoms with Gasteiger partial charge in [-0.1, -0.05) is 18.2 Å². The molecule has 0 aliphatic carbocycles. The maximum absolute atomic E-state index is 12.4. The molecule has 2 aromatic rings. The third-order valence-electron chi connectivity index (χ3n) is 4.01. The Bertz CT molecular complexity index is 822. The Hall–Kier alpha value is -3.06. The lowest BCUT2D eigenvalue weighted by Gasteiger charge is -2.18. The van der Waals surface area contributed by atoms with Crippen molar-refractivity contribution >= 4 is 17.6 Å². The number of amides is 1. The molecule has 1 N–H and O–H groups in total. The van der Waals surface area contributed by atoms with E-state index in [2.05, 4.69) is 5.32 Å². The fourth-order valence-corrected chi connectivity index (χ4v) is 2.76. The fourth-order valence-electron chi connectivity index (χ4n) is 2.76. The normalized spacial score (nSPS) is 10.5. The van der Waals surface area contributed by atoms with E-state index in [1.165, 1.54) is 0 Å². The van der Waals surface area contributed by atoms with Gasteiger partial charge in [-0.2, -0.15) is 0 Å². The summed E-state index contributed by atoms with van der Waals surface area (Å²) in [6.07, 6.45) is 0. The molecule has 0 aliphatic heterocycles. The van der Waals surface area contributed by atoms with Crippen LogP contribution in [0.15, 0.2) is 42.5 Å². The first kappa shape index (κ1) is 21.2. The quantitative estimate of drug-likeness (QED) is 0.668. The lowest BCUT2D eigenvalue weighted by Crippen LogP contribution is -2.30. The van der Waals surface area contributed by atoms with Gasteiger partial charge in [-0.15, -0.1) is 0 Å². The van der Waals surface area contributed by atoms with E-state index in [1.807, 2.05) is 30.1 Å². The van der Waals surface area contributed by atoms with E-state index < -0.39 is 5.97 Å². The Balaban J connectivity index is 1.99. The Kier molecular flexibility index (Phi) is 7.83. The molecule has 0 unspecified atom stereocenters. The third kappa shape index (κ3) is 5.72. The molecule has 0 atom stereocenters. The Morgan fingerprint density at radius 3 is 2.43 bits per heavy atom. The van der Waals surface area contributed by atoms with Gasteiger partial charge in [0.1, 0.15) is 0 Å². The van der Waals surface area contributed by atoms with Gasteiger partial charge in [-0.05, 0) is 43.8 Å². The van der Waals surface area contributed by atoms with Crippen molar-refractivity contribution in [3.63, 3.8) is 0 Å². The predicted octanol–water partition coefficient (Wildman–Crippen LogP) is 2.95. The zero-order chi connectivity index (χ0) is 20.5. The largest absolute Gasteiger partial charge is 0.493 e. The van der Waals surface area contributed by atoms with Gasteiger partial charge in [0.15, 0.2) is 11.5 Å². The van der Waals surface area contributed by atoms with Gasteiger partial charge < -0.3 is 19.5 Å². The summed E-state index contributed by atoms with van der Waals surface area (Å²) in [5, 5.41) is 2.78. The van der Waals surface area contributed by atoms with E-state index in [0.29, 0.717) is 29.3 Å². The van der Waals surface area contributed by atoms with Gasteiger partial charge >= 0.3 is 5.97 Å². The molecule has 0 spiro atoms. The van der Waals surface area contributed by atoms with Crippen molar-refractivity contribution in [2.24, 2.45) is 0 Å². The van der Waals surface area contributed by atoms with Gasteiger partial charge in [-0.25, -0.2) is 4.79 Å². The molecule has 0 saturated heterocycles. The van der Waals surface area contributed by atoms with Crippen LogP contribution in [0.25, 0.3) is 0 Å². The van der Waals surface area contributed by atoms with Crippen molar-refractivity contribution in [2.45, 2.75) is 13.5 Å². The van der Waals surface area contributed by atoms with E-state index in [0.717, 1.165) is 5.56 Å². The molecule has 2 rings (SSSR count). The molecule has 0 bridgehead atoms. The minimum atomic E-state index is -0.461. The Labute approximate surface area is 165 Å². The molecule has 28 heavy (non-hydrogen) atoms. The molecule has 0 aliphatic rings. The van der Waals surface area contributed by atoms with Gasteiger partial charge in [-0.3, -0.25) is 9.69 Å². The summed E-state index contributed by atoms with van der Waals surface area (Å²) in [5.41, 5.74) is 1.76. The Morgan fingerprint density at radius 2 is 1.75 bits per heavy atom. The van der Waals surface area contributed by atoms with Crippen LogP contribution in [0.3, 0.4) is 0 Å². The number of carbonyl (C=O) groups excluding carboxylic acids is 2. The van der Waals surface area contributed by atoms with Gasteiger partial charge in [0.05, 0.1) is 38.6 Å². The first-order chi connectivity index (χ1) is 13.5. The number of nitrogens with zero attached hydrogens (tertiary/aromatic N) is 1. The average Bonchev–Trinajstić information content (AvgIpc) is 2.68. The summed E-state index contributed by atoms with van der Waals surface area (Å²) in [5.74, 6) is 0.611. The van der Waals surface area contributed by atoms with Crippen LogP contribution < -0.4 is 14.8 Å². The maximum atomic E-state index is 12.4. The van der Waals surface area contributed by atoms with Crippen LogP contribution in [-0.2, 0) is 16.1 Å². The minimum Gasteiger partial charge on any atom is -0.493 e. The van der Waals surface area contributed by atoms with Crippen LogP contribution in [0, 0.1) is 0 Å². The highest BCUT2D eigenvalue weighted by Crippen LogP contribution is 2.27. The summed E-state index contributed by atoms with van der Waals surface area (Å²) in [7, 11) is 5.01. The molecular formula is C21H26N2O5. The molecule has 7 nitrogen and oxygen atoms in total. The second-order valence-electron chi connectivity index (χ2n) is 6.18. The molecular weight excluding hydrogens is 360 g/mol. The summed E-state index contributed by atoms with van der Waals surface area (Å²) in [4.78, 5) is 26.3. The zero-order valence-corrected chi connectivity index (χ0v) is 16.7. The van der Waals surface area contributed by atoms with Crippen LogP contribution >= 0.6 is 0 Å². The van der Waals surface area contributed by atoms with Crippen LogP contribution in [0.5, 0.6) is 11.5 Å². The van der Waals surface area contributed by atoms with E-state index in [4.69, 9.17) is 14.2 Å². The number of carbonyl (C=O) groups is 2. The summed E-state index contributed by atoms with van der Waals surface area (Å²) in [6, 6.07) is 12.4. The van der Waals surface area contributed by atoms with Crippen molar-refractivity contribution in [3.05, 3.63) is 53.6 Å². The zero-order valence-electron chi connectivity index (χ0n) is 16.7.